The lowest BCUT2D eigenvalue weighted by Gasteiger charge is -2.32. The fourth-order valence-electron chi connectivity index (χ4n) is 8.34. The minimum Gasteiger partial charge on any atom is -0.475 e. The van der Waals surface area contributed by atoms with Crippen LogP contribution in [-0.4, -0.2) is 85.8 Å². The molecule has 0 radical (unpaired) electrons. The van der Waals surface area contributed by atoms with E-state index < -0.39 is 85.9 Å². The summed E-state index contributed by atoms with van der Waals surface area (Å²) in [6.45, 7) is 7.33. The maximum absolute atomic E-state index is 16.9. The van der Waals surface area contributed by atoms with Crippen molar-refractivity contribution in [1.29, 1.82) is 0 Å². The number of halogens is 8. The van der Waals surface area contributed by atoms with Crippen LogP contribution in [0.15, 0.2) is 24.5 Å². The zero-order valence-electron chi connectivity index (χ0n) is 31.0. The van der Waals surface area contributed by atoms with Gasteiger partial charge in [-0.1, -0.05) is 17.7 Å². The van der Waals surface area contributed by atoms with Gasteiger partial charge in [0, 0.05) is 30.9 Å². The first-order valence-corrected chi connectivity index (χ1v) is 18.5. The van der Waals surface area contributed by atoms with Crippen LogP contribution in [0.25, 0.3) is 22.3 Å². The van der Waals surface area contributed by atoms with Gasteiger partial charge in [0.25, 0.3) is 5.92 Å². The molecule has 4 aromatic heterocycles. The summed E-state index contributed by atoms with van der Waals surface area (Å²) in [4.78, 5) is 37.5. The maximum Gasteiger partial charge on any atom is 0.421 e. The first-order valence-electron chi connectivity index (χ1n) is 18.2. The Hall–Kier alpha value is -4.78. The Kier molecular flexibility index (Phi) is 9.18. The van der Waals surface area contributed by atoms with Crippen molar-refractivity contribution >= 4 is 40.2 Å². The molecule has 12 nitrogen and oxygen atoms in total. The highest BCUT2D eigenvalue weighted by atomic mass is 35.5. The van der Waals surface area contributed by atoms with Crippen molar-refractivity contribution in [2.24, 2.45) is 5.41 Å². The number of rotatable bonds is 7. The van der Waals surface area contributed by atoms with Crippen LogP contribution in [0.3, 0.4) is 0 Å². The van der Waals surface area contributed by atoms with Crippen LogP contribution in [0.4, 0.5) is 47.2 Å². The summed E-state index contributed by atoms with van der Waals surface area (Å²) in [6.07, 6.45) is -2.86. The zero-order chi connectivity index (χ0) is 40.9. The summed E-state index contributed by atoms with van der Waals surface area (Å²) in [7, 11) is 0. The number of aromatic nitrogens is 5. The van der Waals surface area contributed by atoms with Crippen LogP contribution < -0.4 is 19.7 Å². The Morgan fingerprint density at radius 3 is 2.53 bits per heavy atom. The lowest BCUT2D eigenvalue weighted by atomic mass is 9.89. The highest BCUT2D eigenvalue weighted by Gasteiger charge is 2.77. The second-order valence-corrected chi connectivity index (χ2v) is 16.3. The van der Waals surface area contributed by atoms with E-state index in [0.29, 0.717) is 24.7 Å². The molecule has 2 saturated heterocycles. The van der Waals surface area contributed by atoms with Crippen LogP contribution in [0.1, 0.15) is 70.5 Å². The normalized spacial score (nSPS) is 23.3. The molecular weight excluding hydrogens is 789 g/mol. The molecule has 1 aliphatic carbocycles. The lowest BCUT2D eigenvalue weighted by molar-refractivity contribution is -0.139. The molecule has 8 rings (SSSR count). The van der Waals surface area contributed by atoms with E-state index in [4.69, 9.17) is 25.8 Å². The molecule has 1 N–H and O–H groups in total. The van der Waals surface area contributed by atoms with Crippen molar-refractivity contribution < 1.29 is 49.7 Å². The molecule has 0 aromatic carbocycles. The number of alkyl halides is 5. The molecule has 3 fully saturated rings. The molecule has 1 saturated carbocycles. The van der Waals surface area contributed by atoms with Crippen LogP contribution in [0, 0.1) is 17.0 Å². The van der Waals surface area contributed by atoms with Gasteiger partial charge >= 0.3 is 18.3 Å². The first kappa shape index (κ1) is 39.1. The number of anilines is 2. The second-order valence-electron chi connectivity index (χ2n) is 15.9. The Bertz CT molecular complexity index is 2300. The van der Waals surface area contributed by atoms with Crippen LogP contribution >= 0.6 is 11.6 Å². The topological polar surface area (TPSA) is 128 Å². The highest BCUT2D eigenvalue weighted by Crippen LogP contribution is 2.69. The number of ether oxygens (including phenoxy) is 3. The molecule has 0 unspecified atom stereocenters. The van der Waals surface area contributed by atoms with E-state index in [9.17, 15) is 26.7 Å². The summed E-state index contributed by atoms with van der Waals surface area (Å²) >= 11 is 5.67. The Morgan fingerprint density at radius 1 is 1.07 bits per heavy atom. The van der Waals surface area contributed by atoms with Crippen LogP contribution in [-0.2, 0) is 10.9 Å². The SMILES string of the molecule is C[C@H](c1cccnc1NC(=O)OC(C)(C)C)N1CCOc2nc(-c3ncc(Cl)c(F)c3C(F)(F)F)c(F)c3nc(OC[C@@]45CCCN4C[C@]4(CC4(F)F)C5)nc1c23. The Morgan fingerprint density at radius 2 is 1.82 bits per heavy atom. The molecule has 3 aliphatic heterocycles. The molecule has 57 heavy (non-hydrogen) atoms. The average molecular weight is 825 g/mol. The van der Waals surface area contributed by atoms with Gasteiger partial charge in [0.1, 0.15) is 58.3 Å². The highest BCUT2D eigenvalue weighted by molar-refractivity contribution is 6.30. The second kappa shape index (κ2) is 13.4. The minimum absolute atomic E-state index is 0.0105. The largest absolute Gasteiger partial charge is 0.475 e. The summed E-state index contributed by atoms with van der Waals surface area (Å²) in [5, 5.41) is 1.55. The van der Waals surface area contributed by atoms with Crippen LogP contribution in [0.2, 0.25) is 5.02 Å². The van der Waals surface area contributed by atoms with Gasteiger partial charge < -0.3 is 19.1 Å². The number of nitrogens with zero attached hydrogens (tertiary/aromatic N) is 7. The maximum atomic E-state index is 16.9. The van der Waals surface area contributed by atoms with Crippen molar-refractivity contribution in [1.82, 2.24) is 29.8 Å². The lowest BCUT2D eigenvalue weighted by Crippen LogP contribution is -2.43. The number of carbonyl (C=O) groups is 1. The summed E-state index contributed by atoms with van der Waals surface area (Å²) in [6, 6.07) is 2.19. The first-order chi connectivity index (χ1) is 26.7. The van der Waals surface area contributed by atoms with E-state index in [1.54, 1.807) is 44.7 Å². The van der Waals surface area contributed by atoms with Crippen molar-refractivity contribution in [2.45, 2.75) is 82.7 Å². The summed E-state index contributed by atoms with van der Waals surface area (Å²) < 4.78 is 122. The molecule has 3 atom stereocenters. The van der Waals surface area contributed by atoms with Gasteiger partial charge in [0.2, 0.25) is 5.88 Å². The summed E-state index contributed by atoms with van der Waals surface area (Å²) in [5.41, 5.74) is -7.06. The van der Waals surface area contributed by atoms with Crippen molar-refractivity contribution in [3.63, 3.8) is 0 Å². The van der Waals surface area contributed by atoms with Crippen molar-refractivity contribution in [3.8, 4) is 23.3 Å². The van der Waals surface area contributed by atoms with Crippen LogP contribution in [0.5, 0.6) is 11.9 Å². The Labute approximate surface area is 326 Å². The van der Waals surface area contributed by atoms with Gasteiger partial charge in [-0.25, -0.2) is 32.3 Å². The third kappa shape index (κ3) is 6.79. The van der Waals surface area contributed by atoms with Gasteiger partial charge in [-0.05, 0) is 59.6 Å². The average Bonchev–Trinajstić information content (AvgIpc) is 3.32. The number of hydrogen-bond donors (Lipinski definition) is 1. The molecule has 7 heterocycles. The van der Waals surface area contributed by atoms with Gasteiger partial charge in [0.15, 0.2) is 11.6 Å². The fraction of sp³-hybridized carbons (Fsp3) is 0.514. The number of nitrogens with one attached hydrogen (secondary N) is 1. The number of amides is 1. The summed E-state index contributed by atoms with van der Waals surface area (Å²) in [5.74, 6) is -6.36. The van der Waals surface area contributed by atoms with Gasteiger partial charge in [-0.15, -0.1) is 0 Å². The van der Waals surface area contributed by atoms with E-state index in [0.717, 1.165) is 6.42 Å². The molecule has 1 spiro atoms. The predicted octanol–water partition coefficient (Wildman–Crippen LogP) is 8.38. The van der Waals surface area contributed by atoms with E-state index in [1.165, 1.54) is 6.20 Å². The molecule has 4 aliphatic rings. The number of carbonyl (C=O) groups excluding carboxylic acids is 1. The fourth-order valence-corrected chi connectivity index (χ4v) is 8.49. The molecule has 1 amide bonds. The van der Waals surface area contributed by atoms with Crippen molar-refractivity contribution in [2.75, 3.05) is 43.1 Å². The Balaban J connectivity index is 1.26. The zero-order valence-corrected chi connectivity index (χ0v) is 31.8. The predicted molar refractivity (Wildman–Crippen MR) is 191 cm³/mol. The molecular formula is C37H36ClF7N8O4. The third-order valence-corrected chi connectivity index (χ3v) is 11.3. The molecule has 304 valence electrons. The van der Waals surface area contributed by atoms with E-state index >= 15 is 8.78 Å². The molecule has 20 heteroatoms. The van der Waals surface area contributed by atoms with Gasteiger partial charge in [0.05, 0.1) is 28.6 Å². The standard InChI is InChI=1S/C37H36ClF7N8O4/c1-18(19-7-5-9-46-28(19)50-32(54)57-33(2,3)4)53-11-12-55-30-21-25(24(40)27(48-30)26-22(37(43,44)45)23(39)20(38)13-47-26)49-31(51-29(21)53)56-17-35-8-6-10-52(35)16-34(14-35)15-36(34,41)42/h5,7,9,13,18H,6,8,10-12,14-17H2,1-4H3,(H,46,50,54)/t18-,34-,35+/m1/s1. The quantitative estimate of drug-likeness (QED) is 0.181. The third-order valence-electron chi connectivity index (χ3n) is 11.0. The number of pyridine rings is 3. The van der Waals surface area contributed by atoms with Gasteiger partial charge in [-0.3, -0.25) is 15.2 Å². The monoisotopic (exact) mass is 824 g/mol. The van der Waals surface area contributed by atoms with E-state index in [1.807, 2.05) is 4.90 Å². The smallest absolute Gasteiger partial charge is 0.421 e. The number of hydrogen-bond acceptors (Lipinski definition) is 11. The van der Waals surface area contributed by atoms with Crippen molar-refractivity contribution in [3.05, 3.63) is 52.3 Å². The minimum atomic E-state index is -5.37. The molecule has 0 bridgehead atoms. The van der Waals surface area contributed by atoms with Gasteiger partial charge in [-0.2, -0.15) is 23.1 Å². The number of fused-ring (bicyclic) bond motifs is 1. The molecule has 4 aromatic rings. The van der Waals surface area contributed by atoms with E-state index in [2.05, 4.69) is 30.2 Å². The van der Waals surface area contributed by atoms with E-state index in [-0.39, 0.29) is 62.0 Å².